The van der Waals surface area contributed by atoms with Gasteiger partial charge in [-0.25, -0.2) is 9.78 Å². The molecule has 1 amide bonds. The first-order valence-electron chi connectivity index (χ1n) is 8.16. The zero-order valence-corrected chi connectivity index (χ0v) is 14.9. The van der Waals surface area contributed by atoms with Crippen LogP contribution in [0.15, 0.2) is 27.5 Å². The highest BCUT2D eigenvalue weighted by atomic mass is 16.4. The van der Waals surface area contributed by atoms with E-state index in [4.69, 9.17) is 4.42 Å². The van der Waals surface area contributed by atoms with Gasteiger partial charge in [-0.3, -0.25) is 4.79 Å². The van der Waals surface area contributed by atoms with Gasteiger partial charge in [0.2, 0.25) is 0 Å². The topological polar surface area (TPSA) is 72.2 Å². The second kappa shape index (κ2) is 7.43. The average molecular weight is 328 g/mol. The van der Waals surface area contributed by atoms with Gasteiger partial charge in [-0.2, -0.15) is 0 Å². The van der Waals surface area contributed by atoms with Gasteiger partial charge in [0.05, 0.1) is 0 Å². The molecule has 128 valence electrons. The first-order valence-corrected chi connectivity index (χ1v) is 8.16. The van der Waals surface area contributed by atoms with Crippen LogP contribution in [0.5, 0.6) is 0 Å². The SMILES string of the molecule is Cc1cnc(NC(=O)c2c(C)cc(CCC(C)C)oc2=O)c(C)c1. The Hall–Kier alpha value is -2.43. The number of anilines is 1. The summed E-state index contributed by atoms with van der Waals surface area (Å²) in [6.45, 7) is 9.77. The highest BCUT2D eigenvalue weighted by Crippen LogP contribution is 2.15. The second-order valence-corrected chi connectivity index (χ2v) is 6.62. The van der Waals surface area contributed by atoms with E-state index in [0.29, 0.717) is 29.5 Å². The molecule has 2 aromatic rings. The quantitative estimate of drug-likeness (QED) is 0.906. The molecule has 0 radical (unpaired) electrons. The van der Waals surface area contributed by atoms with Crippen molar-refractivity contribution in [1.29, 1.82) is 0 Å². The van der Waals surface area contributed by atoms with E-state index in [-0.39, 0.29) is 5.56 Å². The Balaban J connectivity index is 2.24. The minimum absolute atomic E-state index is 0.0325. The lowest BCUT2D eigenvalue weighted by Crippen LogP contribution is -2.24. The van der Waals surface area contributed by atoms with Crippen molar-refractivity contribution in [2.75, 3.05) is 5.32 Å². The molecule has 0 saturated heterocycles. The molecule has 0 fully saturated rings. The van der Waals surface area contributed by atoms with Crippen molar-refractivity contribution in [3.63, 3.8) is 0 Å². The number of rotatable bonds is 5. The van der Waals surface area contributed by atoms with E-state index in [0.717, 1.165) is 17.5 Å². The molecule has 0 bridgehead atoms. The summed E-state index contributed by atoms with van der Waals surface area (Å²) in [5, 5.41) is 2.70. The molecule has 1 N–H and O–H groups in total. The smallest absolute Gasteiger partial charge is 0.349 e. The normalized spacial score (nSPS) is 10.9. The predicted octanol–water partition coefficient (Wildman–Crippen LogP) is 3.80. The number of nitrogens with one attached hydrogen (secondary N) is 1. The third-order valence-corrected chi connectivity index (χ3v) is 3.84. The lowest BCUT2D eigenvalue weighted by Gasteiger charge is -2.10. The Morgan fingerprint density at radius 3 is 2.50 bits per heavy atom. The molecule has 0 aliphatic heterocycles. The van der Waals surface area contributed by atoms with Crippen LogP contribution in [-0.2, 0) is 6.42 Å². The second-order valence-electron chi connectivity index (χ2n) is 6.62. The standard InChI is InChI=1S/C19H24N2O3/c1-11(2)6-7-15-9-13(4)16(19(23)24-15)18(22)21-17-14(5)8-12(3)10-20-17/h8-11H,6-7H2,1-5H3,(H,20,21,22). The van der Waals surface area contributed by atoms with Crippen LogP contribution in [0.25, 0.3) is 0 Å². The summed E-state index contributed by atoms with van der Waals surface area (Å²) in [5.74, 6) is 1.10. The Morgan fingerprint density at radius 1 is 1.21 bits per heavy atom. The fourth-order valence-corrected chi connectivity index (χ4v) is 2.52. The molecule has 24 heavy (non-hydrogen) atoms. The van der Waals surface area contributed by atoms with Crippen LogP contribution in [-0.4, -0.2) is 10.9 Å². The molecule has 0 unspecified atom stereocenters. The van der Waals surface area contributed by atoms with Crippen LogP contribution >= 0.6 is 0 Å². The van der Waals surface area contributed by atoms with E-state index < -0.39 is 11.5 Å². The zero-order chi connectivity index (χ0) is 17.9. The maximum atomic E-state index is 12.5. The summed E-state index contributed by atoms with van der Waals surface area (Å²) in [4.78, 5) is 28.9. The van der Waals surface area contributed by atoms with Crippen LogP contribution in [0.3, 0.4) is 0 Å². The molecular weight excluding hydrogens is 304 g/mol. The molecule has 5 nitrogen and oxygen atoms in total. The zero-order valence-electron chi connectivity index (χ0n) is 14.9. The minimum atomic E-state index is -0.601. The summed E-state index contributed by atoms with van der Waals surface area (Å²) in [6.07, 6.45) is 3.29. The van der Waals surface area contributed by atoms with Crippen molar-refractivity contribution in [2.24, 2.45) is 5.92 Å². The van der Waals surface area contributed by atoms with Gasteiger partial charge in [-0.05, 0) is 55.9 Å². The first-order chi connectivity index (χ1) is 11.3. The van der Waals surface area contributed by atoms with Gasteiger partial charge in [0, 0.05) is 12.6 Å². The Kier molecular flexibility index (Phi) is 5.54. The summed E-state index contributed by atoms with van der Waals surface area (Å²) in [7, 11) is 0. The molecule has 2 heterocycles. The molecule has 2 aromatic heterocycles. The fraction of sp³-hybridized carbons (Fsp3) is 0.421. The van der Waals surface area contributed by atoms with E-state index in [1.165, 1.54) is 0 Å². The van der Waals surface area contributed by atoms with Gasteiger partial charge in [-0.15, -0.1) is 0 Å². The predicted molar refractivity (Wildman–Crippen MR) is 94.5 cm³/mol. The lowest BCUT2D eigenvalue weighted by molar-refractivity contribution is 0.102. The number of amides is 1. The van der Waals surface area contributed by atoms with Crippen molar-refractivity contribution in [2.45, 2.75) is 47.5 Å². The number of hydrogen-bond acceptors (Lipinski definition) is 4. The number of carbonyl (C=O) groups excluding carboxylic acids is 1. The number of aromatic nitrogens is 1. The number of carbonyl (C=O) groups is 1. The van der Waals surface area contributed by atoms with Crippen LogP contribution in [0.4, 0.5) is 5.82 Å². The molecule has 5 heteroatoms. The van der Waals surface area contributed by atoms with Gasteiger partial charge in [0.15, 0.2) is 0 Å². The monoisotopic (exact) mass is 328 g/mol. The van der Waals surface area contributed by atoms with E-state index >= 15 is 0 Å². The van der Waals surface area contributed by atoms with Crippen molar-refractivity contribution in [3.8, 4) is 0 Å². The van der Waals surface area contributed by atoms with E-state index in [2.05, 4.69) is 24.1 Å². The fourth-order valence-electron chi connectivity index (χ4n) is 2.52. The highest BCUT2D eigenvalue weighted by molar-refractivity contribution is 6.04. The number of hydrogen-bond donors (Lipinski definition) is 1. The third-order valence-electron chi connectivity index (χ3n) is 3.84. The summed E-state index contributed by atoms with van der Waals surface area (Å²) >= 11 is 0. The maximum absolute atomic E-state index is 12.5. The molecule has 0 aliphatic carbocycles. The lowest BCUT2D eigenvalue weighted by atomic mass is 10.0. The van der Waals surface area contributed by atoms with Gasteiger partial charge >= 0.3 is 5.63 Å². The van der Waals surface area contributed by atoms with Crippen molar-refractivity contribution < 1.29 is 9.21 Å². The Morgan fingerprint density at radius 2 is 1.92 bits per heavy atom. The van der Waals surface area contributed by atoms with E-state index in [1.807, 2.05) is 19.9 Å². The van der Waals surface area contributed by atoms with Crippen LogP contribution in [0, 0.1) is 26.7 Å². The van der Waals surface area contributed by atoms with Crippen LogP contribution in [0.1, 0.15) is 53.1 Å². The Bertz CT molecular complexity index is 807. The Labute approximate surface area is 142 Å². The summed E-state index contributed by atoms with van der Waals surface area (Å²) < 4.78 is 5.31. The maximum Gasteiger partial charge on any atom is 0.349 e. The van der Waals surface area contributed by atoms with E-state index in [9.17, 15) is 9.59 Å². The number of aryl methyl sites for hydroxylation is 4. The van der Waals surface area contributed by atoms with Crippen LogP contribution in [0.2, 0.25) is 0 Å². The summed E-state index contributed by atoms with van der Waals surface area (Å²) in [6, 6.07) is 3.70. The third kappa shape index (κ3) is 4.31. The number of nitrogens with zero attached hydrogens (tertiary/aromatic N) is 1. The molecule has 2 rings (SSSR count). The molecule has 0 spiro atoms. The number of pyridine rings is 1. The molecule has 0 saturated carbocycles. The van der Waals surface area contributed by atoms with E-state index in [1.54, 1.807) is 19.2 Å². The molecule has 0 atom stereocenters. The molecule has 0 aliphatic rings. The van der Waals surface area contributed by atoms with Gasteiger partial charge in [0.25, 0.3) is 5.91 Å². The average Bonchev–Trinajstić information content (AvgIpc) is 2.47. The van der Waals surface area contributed by atoms with Crippen LogP contribution < -0.4 is 10.9 Å². The largest absolute Gasteiger partial charge is 0.427 e. The highest BCUT2D eigenvalue weighted by Gasteiger charge is 2.18. The summed E-state index contributed by atoms with van der Waals surface area (Å²) in [5.41, 5.74) is 1.91. The molecular formula is C19H24N2O3. The van der Waals surface area contributed by atoms with Crippen molar-refractivity contribution >= 4 is 11.7 Å². The minimum Gasteiger partial charge on any atom is -0.427 e. The van der Waals surface area contributed by atoms with Gasteiger partial charge in [-0.1, -0.05) is 19.9 Å². The first kappa shape index (κ1) is 17.9. The van der Waals surface area contributed by atoms with Gasteiger partial charge < -0.3 is 9.73 Å². The molecule has 0 aromatic carbocycles. The van der Waals surface area contributed by atoms with Crippen molar-refractivity contribution in [3.05, 3.63) is 56.8 Å². The van der Waals surface area contributed by atoms with Crippen molar-refractivity contribution in [1.82, 2.24) is 4.98 Å². The van der Waals surface area contributed by atoms with Gasteiger partial charge in [0.1, 0.15) is 17.1 Å².